The number of aromatic nitrogens is 1. The molecule has 7 nitrogen and oxygen atoms in total. The van der Waals surface area contributed by atoms with Crippen molar-refractivity contribution < 1.29 is 14.1 Å². The van der Waals surface area contributed by atoms with Gasteiger partial charge in [-0.3, -0.25) is 10.1 Å². The summed E-state index contributed by atoms with van der Waals surface area (Å²) in [7, 11) is 0. The molecule has 1 saturated heterocycles. The number of carbonyl (C=O) groups excluding carboxylic acids is 2. The summed E-state index contributed by atoms with van der Waals surface area (Å²) in [6, 6.07) is 1.53. The number of likely N-dealkylation sites (tertiary alicyclic amines) is 1. The van der Waals surface area contributed by atoms with E-state index in [1.807, 2.05) is 0 Å². The lowest BCUT2D eigenvalue weighted by Gasteiger charge is -2.31. The highest BCUT2D eigenvalue weighted by Crippen LogP contribution is 2.17. The summed E-state index contributed by atoms with van der Waals surface area (Å²) in [5.41, 5.74) is 0. The largest absolute Gasteiger partial charge is 0.360 e. The van der Waals surface area contributed by atoms with Crippen molar-refractivity contribution in [1.82, 2.24) is 15.4 Å². The van der Waals surface area contributed by atoms with Crippen LogP contribution in [0.3, 0.4) is 0 Å². The maximum absolute atomic E-state index is 12.0. The van der Waals surface area contributed by atoms with Gasteiger partial charge in [0.25, 0.3) is 0 Å². The number of aryl methyl sites for hydroxylation is 1. The third-order valence-corrected chi connectivity index (χ3v) is 3.40. The molecule has 7 heteroatoms. The third kappa shape index (κ3) is 3.97. The molecule has 1 aromatic rings. The number of hydrogen-bond acceptors (Lipinski definition) is 4. The number of nitrogens with zero attached hydrogens (tertiary/aromatic N) is 2. The van der Waals surface area contributed by atoms with Gasteiger partial charge in [0.05, 0.1) is 0 Å². The molecule has 0 unspecified atom stereocenters. The first-order valence-corrected chi connectivity index (χ1v) is 6.78. The van der Waals surface area contributed by atoms with E-state index >= 15 is 0 Å². The Morgan fingerprint density at radius 1 is 1.45 bits per heavy atom. The Kier molecular flexibility index (Phi) is 4.60. The quantitative estimate of drug-likeness (QED) is 0.875. The van der Waals surface area contributed by atoms with Crippen molar-refractivity contribution in [2.75, 3.05) is 25.0 Å². The molecule has 2 N–H and O–H groups in total. The summed E-state index contributed by atoms with van der Waals surface area (Å²) >= 11 is 0. The zero-order valence-electron chi connectivity index (χ0n) is 11.8. The van der Waals surface area contributed by atoms with Gasteiger partial charge in [0.2, 0.25) is 5.91 Å². The van der Waals surface area contributed by atoms with Crippen LogP contribution >= 0.6 is 0 Å². The Morgan fingerprint density at radius 2 is 2.15 bits per heavy atom. The van der Waals surface area contributed by atoms with Crippen molar-refractivity contribution >= 4 is 17.8 Å². The first-order valence-electron chi connectivity index (χ1n) is 6.78. The maximum atomic E-state index is 12.0. The predicted octanol–water partition coefficient (Wildman–Crippen LogP) is 1.36. The molecule has 0 aromatic carbocycles. The molecular weight excluding hydrogens is 260 g/mol. The van der Waals surface area contributed by atoms with E-state index in [0.29, 0.717) is 37.1 Å². The second kappa shape index (κ2) is 6.40. The van der Waals surface area contributed by atoms with Crippen molar-refractivity contribution in [2.24, 2.45) is 5.92 Å². The number of piperidine rings is 1. The van der Waals surface area contributed by atoms with Crippen molar-refractivity contribution in [3.63, 3.8) is 0 Å². The second-order valence-electron chi connectivity index (χ2n) is 5.12. The van der Waals surface area contributed by atoms with Crippen molar-refractivity contribution in [3.8, 4) is 0 Å². The molecule has 1 aliphatic rings. The molecule has 1 aliphatic heterocycles. The Hall–Kier alpha value is -2.05. The summed E-state index contributed by atoms with van der Waals surface area (Å²) in [6.45, 7) is 5.35. The summed E-state index contributed by atoms with van der Waals surface area (Å²) in [5.74, 6) is 1.53. The zero-order chi connectivity index (χ0) is 14.5. The lowest BCUT2D eigenvalue weighted by Crippen LogP contribution is -2.43. The monoisotopic (exact) mass is 280 g/mol. The number of amides is 3. The summed E-state index contributed by atoms with van der Waals surface area (Å²) < 4.78 is 4.90. The summed E-state index contributed by atoms with van der Waals surface area (Å²) in [6.07, 6.45) is 1.79. The molecule has 110 valence electrons. The van der Waals surface area contributed by atoms with Crippen LogP contribution in [-0.2, 0) is 4.79 Å². The van der Waals surface area contributed by atoms with Gasteiger partial charge in [-0.05, 0) is 25.7 Å². The van der Waals surface area contributed by atoms with Gasteiger partial charge in [-0.1, -0.05) is 5.16 Å². The van der Waals surface area contributed by atoms with Crippen LogP contribution in [0.4, 0.5) is 10.6 Å². The van der Waals surface area contributed by atoms with E-state index in [1.165, 1.54) is 6.92 Å². The predicted molar refractivity (Wildman–Crippen MR) is 73.2 cm³/mol. The molecule has 0 atom stereocenters. The lowest BCUT2D eigenvalue weighted by molar-refractivity contribution is -0.119. The molecule has 1 fully saturated rings. The number of urea groups is 1. The summed E-state index contributed by atoms with van der Waals surface area (Å²) in [5, 5.41) is 9.26. The molecular formula is C13H20N4O3. The zero-order valence-corrected chi connectivity index (χ0v) is 11.8. The molecule has 3 amide bonds. The molecule has 0 aliphatic carbocycles. The van der Waals surface area contributed by atoms with E-state index in [9.17, 15) is 9.59 Å². The Morgan fingerprint density at radius 3 is 2.70 bits per heavy atom. The fraction of sp³-hybridized carbons (Fsp3) is 0.615. The Balaban J connectivity index is 1.75. The van der Waals surface area contributed by atoms with E-state index in [-0.39, 0.29) is 11.9 Å². The Bertz CT molecular complexity index is 478. The number of rotatable bonds is 3. The van der Waals surface area contributed by atoms with E-state index < -0.39 is 0 Å². The van der Waals surface area contributed by atoms with Gasteiger partial charge < -0.3 is 14.7 Å². The minimum absolute atomic E-state index is 0.00780. The first kappa shape index (κ1) is 14.4. The van der Waals surface area contributed by atoms with Crippen molar-refractivity contribution in [1.29, 1.82) is 0 Å². The molecule has 2 rings (SSSR count). The van der Waals surface area contributed by atoms with E-state index in [2.05, 4.69) is 15.8 Å². The molecule has 0 radical (unpaired) electrons. The fourth-order valence-electron chi connectivity index (χ4n) is 2.24. The van der Waals surface area contributed by atoms with Gasteiger partial charge in [0.15, 0.2) is 5.82 Å². The van der Waals surface area contributed by atoms with Crippen LogP contribution in [0.5, 0.6) is 0 Å². The average molecular weight is 280 g/mol. The fourth-order valence-corrected chi connectivity index (χ4v) is 2.24. The van der Waals surface area contributed by atoms with E-state index in [0.717, 1.165) is 12.8 Å². The topological polar surface area (TPSA) is 87.5 Å². The molecule has 2 heterocycles. The van der Waals surface area contributed by atoms with Crippen LogP contribution in [0.2, 0.25) is 0 Å². The van der Waals surface area contributed by atoms with Gasteiger partial charge in [0.1, 0.15) is 5.76 Å². The van der Waals surface area contributed by atoms with Crippen LogP contribution < -0.4 is 10.6 Å². The second-order valence-corrected chi connectivity index (χ2v) is 5.12. The minimum atomic E-state index is -0.156. The van der Waals surface area contributed by atoms with Crippen LogP contribution in [0.1, 0.15) is 25.5 Å². The lowest BCUT2D eigenvalue weighted by atomic mass is 9.97. The van der Waals surface area contributed by atoms with Crippen molar-refractivity contribution in [2.45, 2.75) is 26.7 Å². The van der Waals surface area contributed by atoms with Crippen LogP contribution in [0.15, 0.2) is 10.6 Å². The highest BCUT2D eigenvalue weighted by molar-refractivity contribution is 5.88. The van der Waals surface area contributed by atoms with Crippen molar-refractivity contribution in [3.05, 3.63) is 11.8 Å². The molecule has 0 saturated carbocycles. The molecule has 0 spiro atoms. The Labute approximate surface area is 117 Å². The van der Waals surface area contributed by atoms with Gasteiger partial charge in [-0.2, -0.15) is 0 Å². The number of hydrogen-bond donors (Lipinski definition) is 2. The number of nitrogens with one attached hydrogen (secondary N) is 2. The molecule has 1 aromatic heterocycles. The molecule has 0 bridgehead atoms. The van der Waals surface area contributed by atoms with E-state index in [4.69, 9.17) is 4.52 Å². The normalized spacial score (nSPS) is 16.0. The summed E-state index contributed by atoms with van der Waals surface area (Å²) in [4.78, 5) is 24.6. The van der Waals surface area contributed by atoms with Gasteiger partial charge in [-0.25, -0.2) is 4.79 Å². The molecule has 20 heavy (non-hydrogen) atoms. The van der Waals surface area contributed by atoms with Crippen LogP contribution in [0, 0.1) is 12.8 Å². The maximum Gasteiger partial charge on any atom is 0.323 e. The van der Waals surface area contributed by atoms with E-state index in [1.54, 1.807) is 17.9 Å². The highest BCUT2D eigenvalue weighted by atomic mass is 16.5. The average Bonchev–Trinajstić information content (AvgIpc) is 2.82. The number of anilines is 1. The van der Waals surface area contributed by atoms with Gasteiger partial charge >= 0.3 is 6.03 Å². The van der Waals surface area contributed by atoms with Gasteiger partial charge in [-0.15, -0.1) is 0 Å². The minimum Gasteiger partial charge on any atom is -0.360 e. The van der Waals surface area contributed by atoms with Crippen LogP contribution in [-0.4, -0.2) is 41.6 Å². The first-order chi connectivity index (χ1) is 9.54. The smallest absolute Gasteiger partial charge is 0.323 e. The highest BCUT2D eigenvalue weighted by Gasteiger charge is 2.23. The van der Waals surface area contributed by atoms with Gasteiger partial charge in [0, 0.05) is 32.6 Å². The standard InChI is InChI=1S/C13H20N4O3/c1-9-7-12(16-20-9)15-13(19)17-5-3-11(4-6-17)8-14-10(2)18/h7,11H,3-6,8H2,1-2H3,(H,14,18)(H,15,16,19). The van der Waals surface area contributed by atoms with Crippen LogP contribution in [0.25, 0.3) is 0 Å². The number of carbonyl (C=O) groups is 2. The SMILES string of the molecule is CC(=O)NCC1CCN(C(=O)Nc2cc(C)on2)CC1. The third-order valence-electron chi connectivity index (χ3n) is 3.40.